The molecule has 2 aromatic carbocycles. The van der Waals surface area contributed by atoms with Gasteiger partial charge in [0, 0.05) is 10.9 Å². The maximum Gasteiger partial charge on any atom is 0.281 e. The number of fused-ring (bicyclic) bond motifs is 1. The van der Waals surface area contributed by atoms with E-state index in [1.165, 1.54) is 5.01 Å². The quantitative estimate of drug-likeness (QED) is 0.201. The minimum absolute atomic E-state index is 0.155. The zero-order valence-corrected chi connectivity index (χ0v) is 23.9. The van der Waals surface area contributed by atoms with E-state index >= 15 is 0 Å². The summed E-state index contributed by atoms with van der Waals surface area (Å²) in [6, 6.07) is 23.6. The number of nitrogens with zero attached hydrogens (tertiary/aromatic N) is 4. The lowest BCUT2D eigenvalue weighted by Gasteiger charge is -2.19. The first-order valence-electron chi connectivity index (χ1n) is 13.1. The van der Waals surface area contributed by atoms with Gasteiger partial charge in [0.2, 0.25) is 5.88 Å². The second-order valence-electron chi connectivity index (χ2n) is 9.67. The van der Waals surface area contributed by atoms with Crippen molar-refractivity contribution in [3.8, 4) is 11.6 Å². The van der Waals surface area contributed by atoms with Gasteiger partial charge in [0.15, 0.2) is 0 Å². The van der Waals surface area contributed by atoms with E-state index in [1.807, 2.05) is 108 Å². The molecule has 0 saturated carbocycles. The first-order chi connectivity index (χ1) is 20.1. The number of rotatable bonds is 5. The van der Waals surface area contributed by atoms with Gasteiger partial charge in [0.25, 0.3) is 5.91 Å². The molecule has 0 saturated heterocycles. The molecule has 0 fully saturated rings. The van der Waals surface area contributed by atoms with Crippen LogP contribution in [0.3, 0.4) is 0 Å². The Morgan fingerprint density at radius 3 is 2.27 bits per heavy atom. The van der Waals surface area contributed by atoms with Crippen LogP contribution in [-0.2, 0) is 4.79 Å². The summed E-state index contributed by atoms with van der Waals surface area (Å²) < 4.78 is 8.39. The summed E-state index contributed by atoms with van der Waals surface area (Å²) in [4.78, 5) is 13.9. The molecule has 5 aromatic rings. The van der Waals surface area contributed by atoms with Crippen LogP contribution in [0.5, 0.6) is 5.88 Å². The molecule has 7 rings (SSSR count). The van der Waals surface area contributed by atoms with Crippen LogP contribution in [0.4, 0.5) is 5.69 Å². The molecule has 6 nitrogen and oxygen atoms in total. The van der Waals surface area contributed by atoms with Crippen LogP contribution in [0.1, 0.15) is 29.3 Å². The van der Waals surface area contributed by atoms with Gasteiger partial charge in [-0.1, -0.05) is 36.4 Å². The van der Waals surface area contributed by atoms with Crippen LogP contribution in [0.25, 0.3) is 22.6 Å². The lowest BCUT2D eigenvalue weighted by molar-refractivity contribution is -0.114. The number of ether oxygens (including phenoxy) is 1. The number of aryl methyl sites for hydroxylation is 1. The summed E-state index contributed by atoms with van der Waals surface area (Å²) >= 11 is 3.21. The van der Waals surface area contributed by atoms with Gasteiger partial charge >= 0.3 is 0 Å². The third kappa shape index (κ3) is 4.47. The Bertz CT molecular complexity index is 1880. The van der Waals surface area contributed by atoms with Gasteiger partial charge in [-0.15, -0.1) is 0 Å². The molecule has 8 heteroatoms. The molecule has 0 radical (unpaired) electrons. The highest BCUT2D eigenvalue weighted by atomic mass is 32.1. The molecule has 0 unspecified atom stereocenters. The molecule has 0 bridgehead atoms. The van der Waals surface area contributed by atoms with Crippen LogP contribution < -0.4 is 9.75 Å². The van der Waals surface area contributed by atoms with Gasteiger partial charge in [0.1, 0.15) is 5.76 Å². The van der Waals surface area contributed by atoms with Gasteiger partial charge < -0.3 is 4.74 Å². The van der Waals surface area contributed by atoms with Crippen molar-refractivity contribution in [2.24, 2.45) is 5.10 Å². The molecular weight excluding hydrogens is 549 g/mol. The second kappa shape index (κ2) is 10.3. The van der Waals surface area contributed by atoms with Gasteiger partial charge in [0.05, 0.1) is 33.9 Å². The number of allylic oxidation sites excluding steroid dienone is 4. The smallest absolute Gasteiger partial charge is 0.281 e. The maximum absolute atomic E-state index is 13.9. The molecule has 200 valence electrons. The van der Waals surface area contributed by atoms with E-state index in [0.29, 0.717) is 17.2 Å². The van der Waals surface area contributed by atoms with Crippen LogP contribution in [0.15, 0.2) is 117 Å². The van der Waals surface area contributed by atoms with Crippen LogP contribution >= 0.6 is 22.7 Å². The molecule has 0 atom stereocenters. The van der Waals surface area contributed by atoms with Crippen molar-refractivity contribution < 1.29 is 9.53 Å². The SMILES string of the molecule is CC1=NN(c2ccccc2)C(=O)/C1=C(\C=C1/C=C(c2ccsc2)Oc2c1c(C)nn2-c1ccccc1)c1ccsc1. The number of para-hydroxylation sites is 2. The number of hydrogen-bond donors (Lipinski definition) is 0. The van der Waals surface area contributed by atoms with Crippen molar-refractivity contribution in [3.63, 3.8) is 0 Å². The zero-order chi connectivity index (χ0) is 27.9. The van der Waals surface area contributed by atoms with Gasteiger partial charge in [-0.25, -0.2) is 0 Å². The molecule has 5 heterocycles. The van der Waals surface area contributed by atoms with Crippen molar-refractivity contribution in [1.29, 1.82) is 0 Å². The Balaban J connectivity index is 1.45. The summed E-state index contributed by atoms with van der Waals surface area (Å²) in [5, 5.41) is 19.2. The van der Waals surface area contributed by atoms with Gasteiger partial charge in [-0.05, 0) is 95.2 Å². The number of hydrazone groups is 1. The molecule has 2 aliphatic heterocycles. The highest BCUT2D eigenvalue weighted by Gasteiger charge is 2.33. The van der Waals surface area contributed by atoms with Crippen molar-refractivity contribution >= 4 is 56.9 Å². The van der Waals surface area contributed by atoms with E-state index in [9.17, 15) is 4.79 Å². The first kappa shape index (κ1) is 25.2. The number of amides is 1. The Kier molecular flexibility index (Phi) is 6.34. The lowest BCUT2D eigenvalue weighted by Crippen LogP contribution is -2.22. The van der Waals surface area contributed by atoms with Gasteiger partial charge in [-0.2, -0.15) is 42.6 Å². The Labute approximate surface area is 245 Å². The largest absolute Gasteiger partial charge is 0.438 e. The molecule has 0 aliphatic carbocycles. The van der Waals surface area contributed by atoms with Crippen LogP contribution in [-0.4, -0.2) is 21.4 Å². The van der Waals surface area contributed by atoms with Gasteiger partial charge in [-0.3, -0.25) is 4.79 Å². The van der Waals surface area contributed by atoms with Crippen LogP contribution in [0.2, 0.25) is 0 Å². The van der Waals surface area contributed by atoms with Crippen LogP contribution in [0, 0.1) is 6.92 Å². The number of hydrogen-bond acceptors (Lipinski definition) is 6. The molecule has 3 aromatic heterocycles. The summed E-state index contributed by atoms with van der Waals surface area (Å²) in [5.74, 6) is 1.22. The van der Waals surface area contributed by atoms with Crippen molar-refractivity contribution in [3.05, 3.63) is 134 Å². The number of carbonyl (C=O) groups is 1. The molecule has 0 N–H and O–H groups in total. The second-order valence-corrected chi connectivity index (χ2v) is 11.2. The minimum Gasteiger partial charge on any atom is -0.438 e. The Morgan fingerprint density at radius 2 is 1.59 bits per heavy atom. The standard InChI is InChI=1S/C33H24N4O2S2/c1-21-30-25(18-29(24-14-16-41-20-24)39-33(30)37(35-21)27-11-7-4-8-12-27)17-28(23-13-15-40-19-23)31-22(2)34-36(32(31)38)26-9-5-3-6-10-26/h3-20H,1-2H3/b25-17+,31-28+. The van der Waals surface area contributed by atoms with E-state index in [2.05, 4.69) is 21.9 Å². The Hall–Kier alpha value is -4.79. The average Bonchev–Trinajstić information content (AvgIpc) is 3.81. The maximum atomic E-state index is 13.9. The monoisotopic (exact) mass is 572 g/mol. The van der Waals surface area contributed by atoms with E-state index in [1.54, 1.807) is 22.7 Å². The minimum atomic E-state index is -0.155. The predicted molar refractivity (Wildman–Crippen MR) is 167 cm³/mol. The number of benzene rings is 2. The summed E-state index contributed by atoms with van der Waals surface area (Å²) in [5.41, 5.74) is 8.28. The van der Waals surface area contributed by atoms with Crippen molar-refractivity contribution in [1.82, 2.24) is 9.78 Å². The number of thiophene rings is 2. The number of carbonyl (C=O) groups excluding carboxylic acids is 1. The highest BCUT2D eigenvalue weighted by Crippen LogP contribution is 2.43. The predicted octanol–water partition coefficient (Wildman–Crippen LogP) is 8.00. The molecule has 2 aliphatic rings. The molecule has 1 amide bonds. The summed E-state index contributed by atoms with van der Waals surface area (Å²) in [6.07, 6.45) is 4.13. The fourth-order valence-corrected chi connectivity index (χ4v) is 6.42. The normalized spacial score (nSPS) is 16.9. The summed E-state index contributed by atoms with van der Waals surface area (Å²) in [7, 11) is 0. The highest BCUT2D eigenvalue weighted by molar-refractivity contribution is 7.08. The van der Waals surface area contributed by atoms with E-state index in [4.69, 9.17) is 9.84 Å². The molecule has 0 spiro atoms. The zero-order valence-electron chi connectivity index (χ0n) is 22.3. The third-order valence-electron chi connectivity index (χ3n) is 7.03. The van der Waals surface area contributed by atoms with E-state index < -0.39 is 0 Å². The lowest BCUT2D eigenvalue weighted by atomic mass is 9.93. The Morgan fingerprint density at radius 1 is 0.878 bits per heavy atom. The average molecular weight is 573 g/mol. The number of aromatic nitrogens is 2. The van der Waals surface area contributed by atoms with E-state index in [-0.39, 0.29) is 5.91 Å². The molecular formula is C33H24N4O2S2. The topological polar surface area (TPSA) is 59.7 Å². The third-order valence-corrected chi connectivity index (χ3v) is 8.39. The van der Waals surface area contributed by atoms with Crippen molar-refractivity contribution in [2.45, 2.75) is 13.8 Å². The first-order valence-corrected chi connectivity index (χ1v) is 15.0. The van der Waals surface area contributed by atoms with E-state index in [0.717, 1.165) is 50.7 Å². The van der Waals surface area contributed by atoms with Crippen molar-refractivity contribution in [2.75, 3.05) is 5.01 Å². The number of anilines is 1. The fraction of sp³-hybridized carbons (Fsp3) is 0.0606. The summed E-state index contributed by atoms with van der Waals surface area (Å²) in [6.45, 7) is 3.88. The molecule has 41 heavy (non-hydrogen) atoms. The fourth-order valence-electron chi connectivity index (χ4n) is 5.12.